The quantitative estimate of drug-likeness (QED) is 0.170. The van der Waals surface area contributed by atoms with Gasteiger partial charge >= 0.3 is 0 Å². The van der Waals surface area contributed by atoms with Crippen LogP contribution in [-0.4, -0.2) is 30.8 Å². The predicted molar refractivity (Wildman–Crippen MR) is 151 cm³/mol. The van der Waals surface area contributed by atoms with Gasteiger partial charge < -0.3 is 19.5 Å². The summed E-state index contributed by atoms with van der Waals surface area (Å²) in [5, 5.41) is 5.92. The summed E-state index contributed by atoms with van der Waals surface area (Å²) in [7, 11) is 0. The molecule has 6 nitrogen and oxygen atoms in total. The van der Waals surface area contributed by atoms with Gasteiger partial charge in [-0.15, -0.1) is 0 Å². The lowest BCUT2D eigenvalue weighted by Crippen LogP contribution is -2.34. The van der Waals surface area contributed by atoms with E-state index in [-0.39, 0.29) is 11.0 Å². The van der Waals surface area contributed by atoms with Gasteiger partial charge in [-0.1, -0.05) is 56.5 Å². The third-order valence-corrected chi connectivity index (χ3v) is 5.99. The fraction of sp³-hybridized carbons (Fsp3) is 0.286. The van der Waals surface area contributed by atoms with Crippen LogP contribution in [0.25, 0.3) is 0 Å². The summed E-state index contributed by atoms with van der Waals surface area (Å²) in [6, 6.07) is 22.2. The molecule has 0 bridgehead atoms. The van der Waals surface area contributed by atoms with Crippen LogP contribution in [0.2, 0.25) is 0 Å². The van der Waals surface area contributed by atoms with E-state index in [1.54, 1.807) is 18.2 Å². The first-order valence-corrected chi connectivity index (χ1v) is 13.2. The normalized spacial score (nSPS) is 10.4. The number of nitrogens with one attached hydrogen (secondary N) is 2. The number of hydrogen-bond donors (Lipinski definition) is 2. The lowest BCUT2D eigenvalue weighted by molar-refractivity contribution is 0.0977. The van der Waals surface area contributed by atoms with Crippen LogP contribution in [0.1, 0.15) is 43.0 Å². The Labute approximate surface area is 226 Å². The van der Waals surface area contributed by atoms with E-state index in [9.17, 15) is 4.79 Å². The molecule has 1 amide bonds. The zero-order valence-electron chi connectivity index (χ0n) is 20.3. The largest absolute Gasteiger partial charge is 0.492 e. The third kappa shape index (κ3) is 9.17. The summed E-state index contributed by atoms with van der Waals surface area (Å²) < 4.78 is 18.1. The van der Waals surface area contributed by atoms with Crippen LogP contribution in [0.15, 0.2) is 77.3 Å². The van der Waals surface area contributed by atoms with Gasteiger partial charge in [0.1, 0.15) is 30.5 Å². The lowest BCUT2D eigenvalue weighted by atomic mass is 10.2. The highest BCUT2D eigenvalue weighted by Crippen LogP contribution is 2.27. The summed E-state index contributed by atoms with van der Waals surface area (Å²) in [6.45, 7) is 3.58. The van der Waals surface area contributed by atoms with Crippen LogP contribution in [0.4, 0.5) is 5.69 Å². The molecule has 3 rings (SSSR count). The number of ether oxygens (including phenoxy) is 3. The Morgan fingerprint density at radius 2 is 1.56 bits per heavy atom. The standard InChI is InChI=1S/C28H31BrN2O4S/c1-2-3-4-10-17-34-25-16-15-21(20-23(25)29)27(32)31-28(36)30-24-13-8-9-14-26(24)35-19-18-33-22-11-6-5-7-12-22/h5-9,11-16,20H,2-4,10,17-19H2,1H3,(H2,30,31,32,36). The molecule has 0 aliphatic carbocycles. The van der Waals surface area contributed by atoms with Crippen molar-refractivity contribution in [2.45, 2.75) is 32.6 Å². The van der Waals surface area contributed by atoms with Crippen molar-refractivity contribution in [2.75, 3.05) is 25.1 Å². The maximum absolute atomic E-state index is 12.7. The number of anilines is 1. The van der Waals surface area contributed by atoms with E-state index >= 15 is 0 Å². The molecule has 0 aliphatic heterocycles. The number of halogens is 1. The number of hydrogen-bond acceptors (Lipinski definition) is 5. The van der Waals surface area contributed by atoms with E-state index in [2.05, 4.69) is 33.5 Å². The third-order valence-electron chi connectivity index (χ3n) is 5.16. The van der Waals surface area contributed by atoms with Crippen molar-refractivity contribution in [2.24, 2.45) is 0 Å². The molecule has 0 saturated heterocycles. The average molecular weight is 572 g/mol. The van der Waals surface area contributed by atoms with E-state index in [1.807, 2.05) is 54.6 Å². The van der Waals surface area contributed by atoms with Gasteiger partial charge in [-0.25, -0.2) is 0 Å². The van der Waals surface area contributed by atoms with Gasteiger partial charge in [-0.3, -0.25) is 10.1 Å². The number of para-hydroxylation sites is 3. The molecule has 0 fully saturated rings. The summed E-state index contributed by atoms with van der Waals surface area (Å²) in [4.78, 5) is 12.7. The monoisotopic (exact) mass is 570 g/mol. The Morgan fingerprint density at radius 3 is 2.33 bits per heavy atom. The Kier molecular flexibility index (Phi) is 11.5. The van der Waals surface area contributed by atoms with Gasteiger partial charge in [0.25, 0.3) is 5.91 Å². The highest BCUT2D eigenvalue weighted by Gasteiger charge is 2.12. The second-order valence-corrected chi connectivity index (χ2v) is 9.23. The summed E-state index contributed by atoms with van der Waals surface area (Å²) in [5.74, 6) is 1.78. The van der Waals surface area contributed by atoms with Gasteiger partial charge in [0, 0.05) is 5.56 Å². The van der Waals surface area contributed by atoms with Gasteiger partial charge in [0.2, 0.25) is 0 Å². The zero-order chi connectivity index (χ0) is 25.6. The maximum Gasteiger partial charge on any atom is 0.257 e. The van der Waals surface area contributed by atoms with Crippen LogP contribution in [0.5, 0.6) is 17.2 Å². The summed E-state index contributed by atoms with van der Waals surface area (Å²) in [5.41, 5.74) is 1.11. The highest BCUT2D eigenvalue weighted by atomic mass is 79.9. The molecule has 36 heavy (non-hydrogen) atoms. The molecule has 0 heterocycles. The number of amides is 1. The molecule has 0 aliphatic rings. The number of rotatable bonds is 13. The molecule has 0 unspecified atom stereocenters. The topological polar surface area (TPSA) is 68.8 Å². The Balaban J connectivity index is 1.48. The van der Waals surface area contributed by atoms with Gasteiger partial charge in [0.05, 0.1) is 16.8 Å². The van der Waals surface area contributed by atoms with E-state index in [0.29, 0.717) is 42.6 Å². The maximum atomic E-state index is 12.7. The lowest BCUT2D eigenvalue weighted by Gasteiger charge is -2.15. The molecule has 2 N–H and O–H groups in total. The first-order valence-electron chi connectivity index (χ1n) is 12.0. The molecule has 0 atom stereocenters. The van der Waals surface area contributed by atoms with Crippen molar-refractivity contribution in [3.63, 3.8) is 0 Å². The second-order valence-electron chi connectivity index (χ2n) is 7.97. The van der Waals surface area contributed by atoms with Crippen LogP contribution in [-0.2, 0) is 0 Å². The van der Waals surface area contributed by atoms with Crippen LogP contribution in [0.3, 0.4) is 0 Å². The Bertz CT molecular complexity index is 1130. The molecule has 0 radical (unpaired) electrons. The fourth-order valence-corrected chi connectivity index (χ4v) is 4.02. The van der Waals surface area contributed by atoms with E-state index in [1.165, 1.54) is 12.8 Å². The first-order chi connectivity index (χ1) is 17.6. The Morgan fingerprint density at radius 1 is 0.833 bits per heavy atom. The zero-order valence-corrected chi connectivity index (χ0v) is 22.7. The van der Waals surface area contributed by atoms with Gasteiger partial charge in [-0.2, -0.15) is 0 Å². The first kappa shape index (κ1) is 27.5. The van der Waals surface area contributed by atoms with Crippen molar-refractivity contribution in [3.05, 3.63) is 82.8 Å². The fourth-order valence-electron chi connectivity index (χ4n) is 3.32. The predicted octanol–water partition coefficient (Wildman–Crippen LogP) is 6.99. The SMILES string of the molecule is CCCCCCOc1ccc(C(=O)NC(=S)Nc2ccccc2OCCOc2ccccc2)cc1Br. The molecular formula is C28H31BrN2O4S. The molecule has 3 aromatic rings. The minimum atomic E-state index is -0.322. The molecule has 0 spiro atoms. The smallest absolute Gasteiger partial charge is 0.257 e. The minimum absolute atomic E-state index is 0.170. The molecular weight excluding hydrogens is 540 g/mol. The van der Waals surface area contributed by atoms with Crippen molar-refractivity contribution >= 4 is 44.9 Å². The van der Waals surface area contributed by atoms with E-state index in [4.69, 9.17) is 26.4 Å². The number of carbonyl (C=O) groups is 1. The van der Waals surface area contributed by atoms with Crippen molar-refractivity contribution in [1.82, 2.24) is 5.32 Å². The number of carbonyl (C=O) groups excluding carboxylic acids is 1. The van der Waals surface area contributed by atoms with Gasteiger partial charge in [0.15, 0.2) is 5.11 Å². The number of thiocarbonyl (C=S) groups is 1. The van der Waals surface area contributed by atoms with Crippen LogP contribution in [0, 0.1) is 0 Å². The van der Waals surface area contributed by atoms with Crippen LogP contribution < -0.4 is 24.8 Å². The van der Waals surface area contributed by atoms with Crippen molar-refractivity contribution in [3.8, 4) is 17.2 Å². The molecule has 190 valence electrons. The summed E-state index contributed by atoms with van der Waals surface area (Å²) in [6.07, 6.45) is 4.55. The second kappa shape index (κ2) is 15.1. The van der Waals surface area contributed by atoms with Crippen LogP contribution >= 0.6 is 28.1 Å². The Hall–Kier alpha value is -3.10. The van der Waals surface area contributed by atoms with Crippen molar-refractivity contribution in [1.29, 1.82) is 0 Å². The molecule has 8 heteroatoms. The van der Waals surface area contributed by atoms with Crippen molar-refractivity contribution < 1.29 is 19.0 Å². The molecule has 3 aromatic carbocycles. The van der Waals surface area contributed by atoms with Gasteiger partial charge in [-0.05, 0) is 77.0 Å². The summed E-state index contributed by atoms with van der Waals surface area (Å²) >= 11 is 8.85. The molecule has 0 aromatic heterocycles. The number of benzene rings is 3. The van der Waals surface area contributed by atoms with E-state index in [0.717, 1.165) is 23.1 Å². The average Bonchev–Trinajstić information content (AvgIpc) is 2.88. The minimum Gasteiger partial charge on any atom is -0.492 e. The highest BCUT2D eigenvalue weighted by molar-refractivity contribution is 9.10. The molecule has 0 saturated carbocycles. The van der Waals surface area contributed by atoms with E-state index < -0.39 is 0 Å². The number of unbranched alkanes of at least 4 members (excludes halogenated alkanes) is 3.